The van der Waals surface area contributed by atoms with Crippen molar-refractivity contribution in [1.29, 1.82) is 0 Å². The number of carbonyl (C=O) groups excluding carboxylic acids is 1. The van der Waals surface area contributed by atoms with Gasteiger partial charge in [0.25, 0.3) is 0 Å². The summed E-state index contributed by atoms with van der Waals surface area (Å²) < 4.78 is 51.0. The molecular formula is C12H12F4N2O4. The number of halogens is 4. The molecule has 1 atom stereocenters. The average Bonchev–Trinajstić information content (AvgIpc) is 2.37. The summed E-state index contributed by atoms with van der Waals surface area (Å²) in [6.45, 7) is 0.158. The van der Waals surface area contributed by atoms with Crippen LogP contribution in [-0.2, 0) is 11.0 Å². The molecule has 22 heavy (non-hydrogen) atoms. The van der Waals surface area contributed by atoms with Gasteiger partial charge in [0.2, 0.25) is 0 Å². The molecule has 0 saturated carbocycles. The number of hydrogen-bond acceptors (Lipinski definition) is 3. The van der Waals surface area contributed by atoms with Crippen LogP contribution in [0.25, 0.3) is 0 Å². The first-order valence-electron chi connectivity index (χ1n) is 5.81. The van der Waals surface area contributed by atoms with Crippen molar-refractivity contribution in [3.63, 3.8) is 0 Å². The standard InChI is InChI=1S/C12H12F4N2O4/c1-11(22,9(19)20)5-17-10(21)18-8-3-2-6(13)4-7(8)12(14,15)16/h2-4,22H,5H2,1H3,(H,19,20)(H2,17,18,21). The first kappa shape index (κ1) is 17.7. The Hall–Kier alpha value is -2.36. The number of amides is 2. The number of carboxylic acids is 1. The quantitative estimate of drug-likeness (QED) is 0.635. The Labute approximate surface area is 121 Å². The van der Waals surface area contributed by atoms with Gasteiger partial charge in [-0.05, 0) is 25.1 Å². The second-order valence-corrected chi connectivity index (χ2v) is 4.57. The van der Waals surface area contributed by atoms with Crippen LogP contribution in [0, 0.1) is 5.82 Å². The molecule has 0 saturated heterocycles. The molecule has 1 aromatic carbocycles. The maximum atomic E-state index is 12.9. The second-order valence-electron chi connectivity index (χ2n) is 4.57. The van der Waals surface area contributed by atoms with E-state index in [9.17, 15) is 32.3 Å². The van der Waals surface area contributed by atoms with Crippen molar-refractivity contribution < 1.29 is 37.4 Å². The summed E-state index contributed by atoms with van der Waals surface area (Å²) in [7, 11) is 0. The molecule has 0 aliphatic carbocycles. The zero-order valence-corrected chi connectivity index (χ0v) is 11.2. The lowest BCUT2D eigenvalue weighted by Crippen LogP contribution is -2.47. The van der Waals surface area contributed by atoms with Crippen molar-refractivity contribution in [2.24, 2.45) is 0 Å². The maximum absolute atomic E-state index is 12.9. The molecule has 4 N–H and O–H groups in total. The lowest BCUT2D eigenvalue weighted by atomic mass is 10.1. The number of alkyl halides is 3. The molecule has 1 rings (SSSR count). The Bertz CT molecular complexity index is 587. The molecule has 0 aliphatic rings. The number of carboxylic acid groups (broad SMARTS) is 1. The van der Waals surface area contributed by atoms with Crippen LogP contribution in [0.5, 0.6) is 0 Å². The van der Waals surface area contributed by atoms with Gasteiger partial charge in [-0.15, -0.1) is 0 Å². The molecule has 0 spiro atoms. The van der Waals surface area contributed by atoms with Crippen molar-refractivity contribution >= 4 is 17.7 Å². The third kappa shape index (κ3) is 4.58. The summed E-state index contributed by atoms with van der Waals surface area (Å²) in [5.74, 6) is -2.75. The van der Waals surface area contributed by atoms with Crippen LogP contribution in [0.3, 0.4) is 0 Å². The summed E-state index contributed by atoms with van der Waals surface area (Å²) >= 11 is 0. The molecule has 0 fully saturated rings. The Morgan fingerprint density at radius 1 is 1.27 bits per heavy atom. The van der Waals surface area contributed by atoms with E-state index >= 15 is 0 Å². The van der Waals surface area contributed by atoms with Gasteiger partial charge in [-0.25, -0.2) is 14.0 Å². The largest absolute Gasteiger partial charge is 0.479 e. The number of anilines is 1. The Kier molecular flexibility index (Phi) is 4.97. The lowest BCUT2D eigenvalue weighted by Gasteiger charge is -2.19. The minimum Gasteiger partial charge on any atom is -0.479 e. The number of nitrogens with one attached hydrogen (secondary N) is 2. The third-order valence-electron chi connectivity index (χ3n) is 2.59. The van der Waals surface area contributed by atoms with Crippen molar-refractivity contribution in [1.82, 2.24) is 5.32 Å². The number of benzene rings is 1. The van der Waals surface area contributed by atoms with Gasteiger partial charge >= 0.3 is 18.2 Å². The van der Waals surface area contributed by atoms with E-state index < -0.39 is 47.4 Å². The summed E-state index contributed by atoms with van der Waals surface area (Å²) in [6, 6.07) is 0.465. The van der Waals surface area contributed by atoms with E-state index in [4.69, 9.17) is 5.11 Å². The van der Waals surface area contributed by atoms with Gasteiger partial charge in [-0.2, -0.15) is 13.2 Å². The zero-order valence-electron chi connectivity index (χ0n) is 11.2. The monoisotopic (exact) mass is 324 g/mol. The zero-order chi connectivity index (χ0) is 17.1. The van der Waals surface area contributed by atoms with E-state index in [-0.39, 0.29) is 6.07 Å². The number of hydrogen-bond donors (Lipinski definition) is 4. The highest BCUT2D eigenvalue weighted by atomic mass is 19.4. The van der Waals surface area contributed by atoms with Crippen LogP contribution in [0.1, 0.15) is 12.5 Å². The van der Waals surface area contributed by atoms with E-state index in [0.29, 0.717) is 6.07 Å². The van der Waals surface area contributed by atoms with Gasteiger partial charge in [-0.3, -0.25) is 0 Å². The number of rotatable bonds is 4. The lowest BCUT2D eigenvalue weighted by molar-refractivity contribution is -0.155. The smallest absolute Gasteiger partial charge is 0.418 e. The van der Waals surface area contributed by atoms with E-state index in [1.807, 2.05) is 10.6 Å². The van der Waals surface area contributed by atoms with Crippen molar-refractivity contribution in [3.05, 3.63) is 29.6 Å². The molecule has 10 heteroatoms. The van der Waals surface area contributed by atoms with E-state index in [1.54, 1.807) is 0 Å². The molecule has 0 aliphatic heterocycles. The van der Waals surface area contributed by atoms with Crippen LogP contribution in [0.4, 0.5) is 28.0 Å². The molecule has 0 radical (unpaired) electrons. The fourth-order valence-electron chi connectivity index (χ4n) is 1.35. The number of aliphatic carboxylic acids is 1. The molecule has 2 amide bonds. The summed E-state index contributed by atoms with van der Waals surface area (Å²) in [6.07, 6.45) is -4.89. The van der Waals surface area contributed by atoms with Gasteiger partial charge in [0.05, 0.1) is 17.8 Å². The average molecular weight is 324 g/mol. The van der Waals surface area contributed by atoms with Gasteiger partial charge < -0.3 is 20.8 Å². The molecule has 0 heterocycles. The number of urea groups is 1. The van der Waals surface area contributed by atoms with Crippen LogP contribution in [0.2, 0.25) is 0 Å². The SMILES string of the molecule is CC(O)(CNC(=O)Nc1ccc(F)cc1C(F)(F)F)C(=O)O. The van der Waals surface area contributed by atoms with Crippen LogP contribution >= 0.6 is 0 Å². The molecular weight excluding hydrogens is 312 g/mol. The minimum absolute atomic E-state index is 0.211. The van der Waals surface area contributed by atoms with E-state index in [0.717, 1.165) is 13.0 Å². The molecule has 1 aromatic rings. The van der Waals surface area contributed by atoms with Crippen LogP contribution in [0.15, 0.2) is 18.2 Å². The van der Waals surface area contributed by atoms with E-state index in [2.05, 4.69) is 0 Å². The molecule has 1 unspecified atom stereocenters. The summed E-state index contributed by atoms with van der Waals surface area (Å²) in [4.78, 5) is 22.1. The molecule has 0 bridgehead atoms. The number of aliphatic hydroxyl groups is 1. The van der Waals surface area contributed by atoms with Gasteiger partial charge in [-0.1, -0.05) is 0 Å². The van der Waals surface area contributed by atoms with Gasteiger partial charge in [0.15, 0.2) is 5.60 Å². The van der Waals surface area contributed by atoms with Crippen LogP contribution < -0.4 is 10.6 Å². The van der Waals surface area contributed by atoms with Crippen molar-refractivity contribution in [3.8, 4) is 0 Å². The third-order valence-corrected chi connectivity index (χ3v) is 2.59. The molecule has 0 aromatic heterocycles. The second kappa shape index (κ2) is 6.18. The maximum Gasteiger partial charge on any atom is 0.418 e. The topological polar surface area (TPSA) is 98.7 Å². The van der Waals surface area contributed by atoms with Crippen LogP contribution in [-0.4, -0.2) is 34.4 Å². The van der Waals surface area contributed by atoms with Crippen molar-refractivity contribution in [2.75, 3.05) is 11.9 Å². The highest BCUT2D eigenvalue weighted by Gasteiger charge is 2.35. The Morgan fingerprint density at radius 3 is 2.36 bits per heavy atom. The Morgan fingerprint density at radius 2 is 1.86 bits per heavy atom. The molecule has 6 nitrogen and oxygen atoms in total. The fourth-order valence-corrected chi connectivity index (χ4v) is 1.35. The van der Waals surface area contributed by atoms with Gasteiger partial charge in [0, 0.05) is 0 Å². The minimum atomic E-state index is -4.89. The highest BCUT2D eigenvalue weighted by Crippen LogP contribution is 2.35. The first-order chi connectivity index (χ1) is 9.93. The summed E-state index contributed by atoms with van der Waals surface area (Å²) in [5.41, 5.74) is -4.39. The number of carbonyl (C=O) groups is 2. The fraction of sp³-hybridized carbons (Fsp3) is 0.333. The van der Waals surface area contributed by atoms with Gasteiger partial charge in [0.1, 0.15) is 5.82 Å². The summed E-state index contributed by atoms with van der Waals surface area (Å²) in [5, 5.41) is 21.7. The Balaban J connectivity index is 2.83. The van der Waals surface area contributed by atoms with Crippen molar-refractivity contribution in [2.45, 2.75) is 18.7 Å². The molecule has 122 valence electrons. The highest BCUT2D eigenvalue weighted by molar-refractivity contribution is 5.90. The normalized spacial score (nSPS) is 14.1. The van der Waals surface area contributed by atoms with E-state index in [1.165, 1.54) is 0 Å². The predicted molar refractivity (Wildman–Crippen MR) is 66.7 cm³/mol. The first-order valence-corrected chi connectivity index (χ1v) is 5.81. The predicted octanol–water partition coefficient (Wildman–Crippen LogP) is 1.80.